The van der Waals surface area contributed by atoms with Crippen LogP contribution in [0.15, 0.2) is 24.3 Å². The molecule has 65 heavy (non-hydrogen) atoms. The quantitative estimate of drug-likeness (QED) is 0.0356. The number of aliphatic carboxylic acids is 5. The highest BCUT2D eigenvalue weighted by molar-refractivity contribution is 8.00. The number of nitrogens with one attached hydrogen (secondary N) is 7. The number of carbonyl (C=O) groups excluding carboxylic acids is 7. The molecule has 0 aliphatic heterocycles. The molecule has 0 aromatic rings. The molecule has 4 unspecified atom stereocenters. The second kappa shape index (κ2) is 52.8. The van der Waals surface area contributed by atoms with Gasteiger partial charge in [-0.05, 0) is 52.1 Å². The summed E-state index contributed by atoms with van der Waals surface area (Å²) in [4.78, 5) is 124. The minimum absolute atomic E-state index is 0. The van der Waals surface area contributed by atoms with Gasteiger partial charge in [0.2, 0.25) is 29.5 Å². The molecule has 0 radical (unpaired) electrons. The van der Waals surface area contributed by atoms with Crippen molar-refractivity contribution in [3.63, 3.8) is 0 Å². The number of hydrogen-bond acceptors (Lipinski definition) is 18. The van der Waals surface area contributed by atoms with Crippen molar-refractivity contribution >= 4 is 107 Å². The average Bonchev–Trinajstić information content (AvgIpc) is 3.67. The van der Waals surface area contributed by atoms with Gasteiger partial charge in [-0.3, -0.25) is 52.7 Å². The number of thiol groups is 1. The van der Waals surface area contributed by atoms with Crippen molar-refractivity contribution in [3.8, 4) is 0 Å². The van der Waals surface area contributed by atoms with Crippen LogP contribution >= 0.6 is 36.2 Å². The molecule has 16 N–H and O–H groups in total. The number of hydrogen-bond donors (Lipinski definition) is 14. The van der Waals surface area contributed by atoms with Crippen molar-refractivity contribution in [3.05, 3.63) is 24.3 Å². The smallest absolute Gasteiger partial charge is 0.328 e. The van der Waals surface area contributed by atoms with Gasteiger partial charge in [-0.25, -0.2) is 4.79 Å². The van der Waals surface area contributed by atoms with E-state index in [-0.39, 0.29) is 72.8 Å². The fourth-order valence-electron chi connectivity index (χ4n) is 3.13. The van der Waals surface area contributed by atoms with Crippen molar-refractivity contribution in [2.24, 2.45) is 5.73 Å². The molecule has 378 valence electrons. The third kappa shape index (κ3) is 54.5. The molecule has 1 aliphatic rings. The first-order valence-corrected chi connectivity index (χ1v) is 21.4. The summed E-state index contributed by atoms with van der Waals surface area (Å²) >= 11 is 5.93. The summed E-state index contributed by atoms with van der Waals surface area (Å²) in [5, 5.41) is 57.4. The molecule has 0 saturated heterocycles. The number of allylic oxidation sites excluding steroid dienone is 2. The summed E-state index contributed by atoms with van der Waals surface area (Å²) in [6.45, 7) is 0. The Morgan fingerprint density at radius 2 is 0.985 bits per heavy atom. The standard InChI is InChI=1S/2C6H12N2O3.2C6H11NO3S.C5H7NO3.C5H4O2.CH5N.CH4S.H2O/c1-7-4(3-5(9)10)6(11)8-2;1-7-4(6(10)11)3-5(9)8-2;1-7-6(10)4(11-2)3-5(8)9;1-7-5(8)3-4(11-2)6(9)10;1-6-4(7)2-3-5(8)9;6-4-1-2-5(7)3-4;2*1-2;/h4,7H,3H2,1-2H3,(H,8,11)(H,9,10);4,7H,3H2,1-2H3,(H,8,9)(H,10,11);4H,3H2,1-2H3,(H,7,10)(H,8,9);4H,3H2,1-2H3,(H,7,8)(H,9,10);2-3H,1H3,(H,6,7)(H,8,9);1-2H,3H2;2H2,1H3;2H,1H3;1H2/b;;;;3-2-;;;;. The first-order chi connectivity index (χ1) is 29.9. The van der Waals surface area contributed by atoms with Crippen molar-refractivity contribution < 1.29 is 88.5 Å². The fraction of sp³-hybridized carbons (Fsp3) is 0.556. The highest BCUT2D eigenvalue weighted by Gasteiger charge is 2.20. The summed E-state index contributed by atoms with van der Waals surface area (Å²) in [5.74, 6) is -6.68. The minimum atomic E-state index is -1.13. The van der Waals surface area contributed by atoms with Crippen LogP contribution < -0.4 is 43.0 Å². The zero-order valence-electron chi connectivity index (χ0n) is 38.1. The molecule has 5 amide bonds. The van der Waals surface area contributed by atoms with E-state index in [1.807, 2.05) is 0 Å². The molecule has 4 atom stereocenters. The van der Waals surface area contributed by atoms with Crippen LogP contribution in [0.5, 0.6) is 0 Å². The van der Waals surface area contributed by atoms with Crippen LogP contribution in [-0.4, -0.2) is 200 Å². The van der Waals surface area contributed by atoms with E-state index >= 15 is 0 Å². The lowest BCUT2D eigenvalue weighted by molar-refractivity contribution is -0.141. The van der Waals surface area contributed by atoms with Gasteiger partial charge in [-0.15, -0.1) is 11.8 Å². The number of ketones is 2. The zero-order chi connectivity index (χ0) is 52.0. The number of carboxylic acids is 5. The SMILES string of the molecule is CN.CNC(=O)/C=C\C(=O)O.CNC(=O)C(CC(=O)O)NC.CNC(=O)C(CC(=O)O)SC.CNC(=O)CC(NC)C(=O)O.CNC(=O)CC(SC)C(=O)O.CS.O.O=C1C=CC(=O)C1. The fourth-order valence-corrected chi connectivity index (χ4v) is 4.29. The number of nitrogens with two attached hydrogens (primary N) is 1. The molecular weight excluding hydrogens is 929 g/mol. The lowest BCUT2D eigenvalue weighted by Gasteiger charge is -2.10. The highest BCUT2D eigenvalue weighted by atomic mass is 32.2. The largest absolute Gasteiger partial charge is 0.481 e. The maximum Gasteiger partial charge on any atom is 0.328 e. The van der Waals surface area contributed by atoms with Crippen molar-refractivity contribution in [2.75, 3.05) is 75.1 Å². The average molecular weight is 997 g/mol. The van der Waals surface area contributed by atoms with Crippen LogP contribution in [0.3, 0.4) is 0 Å². The first-order valence-electron chi connectivity index (χ1n) is 17.9. The number of likely N-dealkylation sites (N-methyl/N-ethyl adjacent to an activating group) is 4. The molecule has 0 spiro atoms. The second-order valence-corrected chi connectivity index (χ2v) is 12.8. The van der Waals surface area contributed by atoms with Crippen molar-refractivity contribution in [1.82, 2.24) is 37.2 Å². The Labute approximate surface area is 391 Å². The summed E-state index contributed by atoms with van der Waals surface area (Å²) in [7, 11) is 11.9. The van der Waals surface area contributed by atoms with Gasteiger partial charge in [0, 0.05) is 53.8 Å². The highest BCUT2D eigenvalue weighted by Crippen LogP contribution is 2.11. The van der Waals surface area contributed by atoms with Gasteiger partial charge in [-0.2, -0.15) is 24.4 Å². The van der Waals surface area contributed by atoms with E-state index in [2.05, 4.69) is 55.6 Å². The Hall–Kier alpha value is -5.59. The van der Waals surface area contributed by atoms with Gasteiger partial charge in [-0.1, -0.05) is 0 Å². The zero-order valence-corrected chi connectivity index (χ0v) is 40.7. The Morgan fingerprint density at radius 1 is 0.585 bits per heavy atom. The monoisotopic (exact) mass is 996 g/mol. The Balaban J connectivity index is -0.0000000984. The Morgan fingerprint density at radius 3 is 1.23 bits per heavy atom. The summed E-state index contributed by atoms with van der Waals surface area (Å²) in [6.07, 6.45) is 9.17. The van der Waals surface area contributed by atoms with Gasteiger partial charge in [0.15, 0.2) is 11.6 Å². The molecule has 0 aromatic heterocycles. The van der Waals surface area contributed by atoms with Crippen LogP contribution in [0, 0.1) is 0 Å². The molecule has 1 aliphatic carbocycles. The van der Waals surface area contributed by atoms with E-state index in [1.165, 1.54) is 73.2 Å². The number of thioether (sulfide) groups is 2. The van der Waals surface area contributed by atoms with E-state index in [1.54, 1.807) is 25.8 Å². The van der Waals surface area contributed by atoms with E-state index in [9.17, 15) is 57.5 Å². The summed E-state index contributed by atoms with van der Waals surface area (Å²) in [5.41, 5.74) is 4.50. The molecule has 26 nitrogen and oxygen atoms in total. The maximum absolute atomic E-state index is 10.9. The molecule has 1 rings (SSSR count). The maximum atomic E-state index is 10.9. The van der Waals surface area contributed by atoms with Gasteiger partial charge in [0.1, 0.15) is 11.3 Å². The van der Waals surface area contributed by atoms with Crippen molar-refractivity contribution in [2.45, 2.75) is 54.7 Å². The number of carboxylic acid groups (broad SMARTS) is 5. The number of carbonyl (C=O) groups is 12. The van der Waals surface area contributed by atoms with E-state index in [0.717, 1.165) is 23.9 Å². The van der Waals surface area contributed by atoms with E-state index in [4.69, 9.17) is 25.5 Å². The van der Waals surface area contributed by atoms with Crippen LogP contribution in [0.4, 0.5) is 0 Å². The minimum Gasteiger partial charge on any atom is -0.481 e. The Kier molecular flexibility index (Phi) is 62.2. The third-order valence-electron chi connectivity index (χ3n) is 6.43. The first kappa shape index (κ1) is 76.7. The van der Waals surface area contributed by atoms with Crippen LogP contribution in [-0.2, 0) is 57.5 Å². The van der Waals surface area contributed by atoms with Crippen LogP contribution in [0.2, 0.25) is 0 Å². The molecular formula is C36H68N8O18S3. The Bertz CT molecular complexity index is 1420. The summed E-state index contributed by atoms with van der Waals surface area (Å²) < 4.78 is 0. The molecule has 0 heterocycles. The van der Waals surface area contributed by atoms with Gasteiger partial charge >= 0.3 is 29.8 Å². The van der Waals surface area contributed by atoms with E-state index in [0.29, 0.717) is 0 Å². The molecule has 0 aromatic carbocycles. The predicted molar refractivity (Wildman–Crippen MR) is 249 cm³/mol. The van der Waals surface area contributed by atoms with E-state index < -0.39 is 58.3 Å². The topological polar surface area (TPSA) is 448 Å². The lowest BCUT2D eigenvalue weighted by Crippen LogP contribution is -2.42. The second-order valence-electron chi connectivity index (χ2n) is 10.7. The third-order valence-corrected chi connectivity index (χ3v) is 8.31. The molecule has 0 fully saturated rings. The van der Waals surface area contributed by atoms with Gasteiger partial charge in [0.25, 0.3) is 0 Å². The summed E-state index contributed by atoms with van der Waals surface area (Å²) in [6, 6.07) is -1.44. The molecule has 29 heteroatoms. The molecule has 0 saturated carbocycles. The predicted octanol–water partition coefficient (Wildman–Crippen LogP) is -3.78. The lowest BCUT2D eigenvalue weighted by atomic mass is 10.2. The van der Waals surface area contributed by atoms with Gasteiger partial charge in [0.05, 0.1) is 37.0 Å². The normalized spacial score (nSPS) is 11.8. The van der Waals surface area contributed by atoms with Gasteiger partial charge < -0.3 is 74.0 Å². The van der Waals surface area contributed by atoms with Crippen LogP contribution in [0.25, 0.3) is 0 Å². The van der Waals surface area contributed by atoms with Crippen molar-refractivity contribution in [1.29, 1.82) is 0 Å². The number of rotatable bonds is 18. The number of amides is 5. The van der Waals surface area contributed by atoms with Crippen LogP contribution in [0.1, 0.15) is 32.1 Å². The molecule has 0 bridgehead atoms.